The van der Waals surface area contributed by atoms with Crippen LogP contribution in [0.2, 0.25) is 0 Å². The number of pyridine rings is 1. The Hall–Kier alpha value is -1.29. The highest BCUT2D eigenvalue weighted by molar-refractivity contribution is 5.76. The minimum atomic E-state index is -0.655. The SMILES string of the molecule is O=Cc1cncc(F)c1CO. The van der Waals surface area contributed by atoms with Gasteiger partial charge in [0.25, 0.3) is 0 Å². The molecular formula is C7H6FNO2. The summed E-state index contributed by atoms with van der Waals surface area (Å²) in [5.74, 6) is -0.655. The van der Waals surface area contributed by atoms with Gasteiger partial charge in [-0.25, -0.2) is 4.39 Å². The predicted octanol–water partition coefficient (Wildman–Crippen LogP) is 0.526. The number of aliphatic hydroxyl groups is 1. The summed E-state index contributed by atoms with van der Waals surface area (Å²) in [6.45, 7) is -0.484. The van der Waals surface area contributed by atoms with E-state index in [-0.39, 0.29) is 11.1 Å². The Balaban J connectivity index is 3.23. The molecule has 0 aliphatic heterocycles. The first-order chi connectivity index (χ1) is 5.29. The van der Waals surface area contributed by atoms with E-state index in [9.17, 15) is 9.18 Å². The van der Waals surface area contributed by atoms with E-state index in [4.69, 9.17) is 5.11 Å². The highest BCUT2D eigenvalue weighted by Gasteiger charge is 2.05. The van der Waals surface area contributed by atoms with E-state index in [1.165, 1.54) is 6.20 Å². The first-order valence-corrected chi connectivity index (χ1v) is 2.98. The summed E-state index contributed by atoms with van der Waals surface area (Å²) >= 11 is 0. The molecule has 1 heterocycles. The molecule has 0 aliphatic carbocycles. The average Bonchev–Trinajstić information content (AvgIpc) is 2.04. The van der Waals surface area contributed by atoms with Crippen LogP contribution < -0.4 is 0 Å². The van der Waals surface area contributed by atoms with Crippen molar-refractivity contribution in [2.75, 3.05) is 0 Å². The van der Waals surface area contributed by atoms with Crippen molar-refractivity contribution in [3.05, 3.63) is 29.3 Å². The summed E-state index contributed by atoms with van der Waals surface area (Å²) < 4.78 is 12.7. The van der Waals surface area contributed by atoms with Crippen molar-refractivity contribution >= 4 is 6.29 Å². The molecule has 58 valence electrons. The van der Waals surface area contributed by atoms with Crippen LogP contribution in [0.25, 0.3) is 0 Å². The van der Waals surface area contributed by atoms with Crippen molar-refractivity contribution in [2.24, 2.45) is 0 Å². The number of aldehydes is 1. The number of hydrogen-bond donors (Lipinski definition) is 1. The molecular weight excluding hydrogens is 149 g/mol. The molecule has 0 atom stereocenters. The Kier molecular flexibility index (Phi) is 2.28. The summed E-state index contributed by atoms with van der Waals surface area (Å²) in [5.41, 5.74) is 0.0856. The Bertz CT molecular complexity index is 275. The van der Waals surface area contributed by atoms with E-state index < -0.39 is 12.4 Å². The summed E-state index contributed by atoms with van der Waals surface area (Å²) in [7, 11) is 0. The van der Waals surface area contributed by atoms with Crippen LogP contribution >= 0.6 is 0 Å². The fourth-order valence-electron chi connectivity index (χ4n) is 0.745. The molecule has 1 aromatic heterocycles. The lowest BCUT2D eigenvalue weighted by Crippen LogP contribution is -1.97. The fourth-order valence-corrected chi connectivity index (χ4v) is 0.745. The zero-order valence-corrected chi connectivity index (χ0v) is 5.62. The maximum absolute atomic E-state index is 12.7. The molecule has 0 aliphatic rings. The van der Waals surface area contributed by atoms with Gasteiger partial charge in [0.05, 0.1) is 12.8 Å². The van der Waals surface area contributed by atoms with Crippen LogP contribution in [0.5, 0.6) is 0 Å². The number of hydrogen-bond acceptors (Lipinski definition) is 3. The molecule has 0 spiro atoms. The molecule has 0 unspecified atom stereocenters. The summed E-state index contributed by atoms with van der Waals surface area (Å²) in [6, 6.07) is 0. The lowest BCUT2D eigenvalue weighted by Gasteiger charge is -1.99. The predicted molar refractivity (Wildman–Crippen MR) is 35.5 cm³/mol. The zero-order chi connectivity index (χ0) is 8.27. The molecule has 0 aromatic carbocycles. The van der Waals surface area contributed by atoms with E-state index >= 15 is 0 Å². The lowest BCUT2D eigenvalue weighted by molar-refractivity contribution is 0.111. The van der Waals surface area contributed by atoms with Crippen molar-refractivity contribution in [1.82, 2.24) is 4.98 Å². The average molecular weight is 155 g/mol. The number of aliphatic hydroxyl groups excluding tert-OH is 1. The van der Waals surface area contributed by atoms with E-state index in [0.717, 1.165) is 6.20 Å². The molecule has 0 saturated carbocycles. The third-order valence-corrected chi connectivity index (χ3v) is 1.32. The summed E-state index contributed by atoms with van der Waals surface area (Å²) in [6.07, 6.45) is 2.63. The fraction of sp³-hybridized carbons (Fsp3) is 0.143. The van der Waals surface area contributed by atoms with Gasteiger partial charge in [0.2, 0.25) is 0 Å². The van der Waals surface area contributed by atoms with Crippen LogP contribution in [0.3, 0.4) is 0 Å². The normalized spacial score (nSPS) is 9.64. The van der Waals surface area contributed by atoms with Crippen LogP contribution in [0.15, 0.2) is 12.4 Å². The second kappa shape index (κ2) is 3.21. The molecule has 4 heteroatoms. The minimum absolute atomic E-state index is 0.00463. The molecule has 1 N–H and O–H groups in total. The van der Waals surface area contributed by atoms with Gasteiger partial charge < -0.3 is 5.11 Å². The van der Waals surface area contributed by atoms with Gasteiger partial charge in [-0.2, -0.15) is 0 Å². The van der Waals surface area contributed by atoms with Crippen LogP contribution in [0.1, 0.15) is 15.9 Å². The van der Waals surface area contributed by atoms with Crippen LogP contribution in [0, 0.1) is 5.82 Å². The van der Waals surface area contributed by atoms with Crippen molar-refractivity contribution < 1.29 is 14.3 Å². The second-order valence-electron chi connectivity index (χ2n) is 1.97. The van der Waals surface area contributed by atoms with Gasteiger partial charge in [0, 0.05) is 17.3 Å². The summed E-state index contributed by atoms with van der Waals surface area (Å²) in [5, 5.41) is 8.60. The molecule has 0 amide bonds. The highest BCUT2D eigenvalue weighted by Crippen LogP contribution is 2.08. The lowest BCUT2D eigenvalue weighted by atomic mass is 10.1. The molecule has 0 bridgehead atoms. The number of aromatic nitrogens is 1. The van der Waals surface area contributed by atoms with E-state index in [2.05, 4.69) is 4.98 Å². The van der Waals surface area contributed by atoms with Crippen molar-refractivity contribution in [3.8, 4) is 0 Å². The topological polar surface area (TPSA) is 50.2 Å². The molecule has 0 saturated heterocycles. The largest absolute Gasteiger partial charge is 0.392 e. The van der Waals surface area contributed by atoms with Gasteiger partial charge in [-0.15, -0.1) is 0 Å². The number of nitrogens with zero attached hydrogens (tertiary/aromatic N) is 1. The molecule has 0 fully saturated rings. The molecule has 0 radical (unpaired) electrons. The number of carbonyl (C=O) groups is 1. The third kappa shape index (κ3) is 1.40. The number of rotatable bonds is 2. The van der Waals surface area contributed by atoms with Crippen LogP contribution in [-0.4, -0.2) is 16.4 Å². The van der Waals surface area contributed by atoms with Crippen molar-refractivity contribution in [2.45, 2.75) is 6.61 Å². The van der Waals surface area contributed by atoms with Gasteiger partial charge in [0.1, 0.15) is 5.82 Å². The van der Waals surface area contributed by atoms with Crippen molar-refractivity contribution in [3.63, 3.8) is 0 Å². The highest BCUT2D eigenvalue weighted by atomic mass is 19.1. The molecule has 3 nitrogen and oxygen atoms in total. The Morgan fingerprint density at radius 3 is 2.82 bits per heavy atom. The second-order valence-corrected chi connectivity index (χ2v) is 1.97. The summed E-state index contributed by atoms with van der Waals surface area (Å²) in [4.78, 5) is 13.7. The van der Waals surface area contributed by atoms with E-state index in [1.807, 2.05) is 0 Å². The quantitative estimate of drug-likeness (QED) is 0.633. The zero-order valence-electron chi connectivity index (χ0n) is 5.62. The van der Waals surface area contributed by atoms with Gasteiger partial charge in [-0.05, 0) is 0 Å². The minimum Gasteiger partial charge on any atom is -0.392 e. The Labute approximate surface area is 62.5 Å². The molecule has 1 aromatic rings. The molecule has 1 rings (SSSR count). The monoisotopic (exact) mass is 155 g/mol. The smallest absolute Gasteiger partial charge is 0.152 e. The van der Waals surface area contributed by atoms with Gasteiger partial charge in [-0.3, -0.25) is 9.78 Å². The first kappa shape index (κ1) is 7.81. The van der Waals surface area contributed by atoms with Gasteiger partial charge >= 0.3 is 0 Å². The number of halogens is 1. The van der Waals surface area contributed by atoms with Crippen LogP contribution in [0.4, 0.5) is 4.39 Å². The number of carbonyl (C=O) groups excluding carboxylic acids is 1. The Morgan fingerprint density at radius 1 is 1.64 bits per heavy atom. The van der Waals surface area contributed by atoms with Gasteiger partial charge in [-0.1, -0.05) is 0 Å². The Morgan fingerprint density at radius 2 is 2.36 bits per heavy atom. The van der Waals surface area contributed by atoms with E-state index in [0.29, 0.717) is 6.29 Å². The molecule has 11 heavy (non-hydrogen) atoms. The van der Waals surface area contributed by atoms with Crippen LogP contribution in [-0.2, 0) is 6.61 Å². The first-order valence-electron chi connectivity index (χ1n) is 2.98. The van der Waals surface area contributed by atoms with E-state index in [1.54, 1.807) is 0 Å². The standard InChI is InChI=1S/C7H6FNO2/c8-7-2-9-1-5(3-10)6(7)4-11/h1-3,11H,4H2. The third-order valence-electron chi connectivity index (χ3n) is 1.32. The maximum atomic E-state index is 12.7. The van der Waals surface area contributed by atoms with Gasteiger partial charge in [0.15, 0.2) is 6.29 Å². The van der Waals surface area contributed by atoms with Crippen molar-refractivity contribution in [1.29, 1.82) is 0 Å². The maximum Gasteiger partial charge on any atom is 0.152 e.